The van der Waals surface area contributed by atoms with E-state index in [4.69, 9.17) is 14.7 Å². The molecule has 1 atom stereocenters. The van der Waals surface area contributed by atoms with Gasteiger partial charge in [-0.2, -0.15) is 0 Å². The van der Waals surface area contributed by atoms with Crippen LogP contribution in [0.1, 0.15) is 11.3 Å². The molecule has 0 N–H and O–H groups in total. The van der Waals surface area contributed by atoms with Crippen molar-refractivity contribution in [3.05, 3.63) is 65.2 Å². The van der Waals surface area contributed by atoms with Gasteiger partial charge in [0, 0.05) is 23.6 Å². The maximum Gasteiger partial charge on any atom is 0.212 e. The SMILES string of the molecule is COC[S+](C)/C=C/c1ccc2nc(-c3ccccc3)c(C)nc2c1. The minimum Gasteiger partial charge on any atom is -0.339 e. The smallest absolute Gasteiger partial charge is 0.212 e. The zero-order valence-electron chi connectivity index (χ0n) is 14.2. The van der Waals surface area contributed by atoms with Crippen molar-refractivity contribution in [3.63, 3.8) is 0 Å². The minimum absolute atomic E-state index is 0.124. The molecule has 0 amide bonds. The van der Waals surface area contributed by atoms with Crippen LogP contribution in [0.3, 0.4) is 0 Å². The van der Waals surface area contributed by atoms with Crippen LogP contribution < -0.4 is 0 Å². The highest BCUT2D eigenvalue weighted by molar-refractivity contribution is 7.98. The lowest BCUT2D eigenvalue weighted by Crippen LogP contribution is -2.01. The zero-order chi connectivity index (χ0) is 16.9. The van der Waals surface area contributed by atoms with Gasteiger partial charge in [-0.05, 0) is 30.7 Å². The van der Waals surface area contributed by atoms with Crippen molar-refractivity contribution in [1.29, 1.82) is 0 Å². The van der Waals surface area contributed by atoms with Gasteiger partial charge < -0.3 is 4.74 Å². The van der Waals surface area contributed by atoms with Crippen molar-refractivity contribution < 1.29 is 4.74 Å². The maximum atomic E-state index is 5.17. The predicted molar refractivity (Wildman–Crippen MR) is 104 cm³/mol. The summed E-state index contributed by atoms with van der Waals surface area (Å²) in [5.74, 6) is 0.753. The highest BCUT2D eigenvalue weighted by Gasteiger charge is 2.08. The topological polar surface area (TPSA) is 35.0 Å². The quantitative estimate of drug-likeness (QED) is 0.646. The Hall–Kier alpha value is -2.17. The molecule has 4 heteroatoms. The Morgan fingerprint density at radius 2 is 1.83 bits per heavy atom. The second-order valence-electron chi connectivity index (χ2n) is 5.67. The zero-order valence-corrected chi connectivity index (χ0v) is 15.0. The number of fused-ring (bicyclic) bond motifs is 1. The Morgan fingerprint density at radius 3 is 2.58 bits per heavy atom. The number of hydrogen-bond donors (Lipinski definition) is 0. The summed E-state index contributed by atoms with van der Waals surface area (Å²) in [6, 6.07) is 16.4. The third kappa shape index (κ3) is 3.83. The summed E-state index contributed by atoms with van der Waals surface area (Å²) in [5.41, 5.74) is 5.98. The third-order valence-corrected chi connectivity index (χ3v) is 4.91. The molecular formula is C20H21N2OS+. The standard InChI is InChI=1S/C20H21N2OS/c1-15-20(17-7-5-4-6-8-17)22-18-10-9-16(13-19(18)21-15)11-12-24(3)14-23-2/h4-13H,14H2,1-3H3/q+1/b12-11+. The van der Waals surface area contributed by atoms with E-state index in [1.807, 2.05) is 31.2 Å². The van der Waals surface area contributed by atoms with Gasteiger partial charge in [0.1, 0.15) is 11.7 Å². The van der Waals surface area contributed by atoms with E-state index in [-0.39, 0.29) is 10.9 Å². The molecule has 122 valence electrons. The van der Waals surface area contributed by atoms with E-state index >= 15 is 0 Å². The number of rotatable bonds is 5. The molecule has 1 heterocycles. The Bertz CT molecular complexity index is 862. The first-order valence-corrected chi connectivity index (χ1v) is 9.66. The van der Waals surface area contributed by atoms with Crippen molar-refractivity contribution in [2.75, 3.05) is 19.3 Å². The minimum atomic E-state index is 0.124. The largest absolute Gasteiger partial charge is 0.339 e. The fourth-order valence-corrected chi connectivity index (χ4v) is 3.39. The monoisotopic (exact) mass is 337 g/mol. The maximum absolute atomic E-state index is 5.17. The first-order valence-electron chi connectivity index (χ1n) is 7.79. The molecule has 2 aromatic carbocycles. The molecule has 0 aliphatic heterocycles. The van der Waals surface area contributed by atoms with Gasteiger partial charge in [-0.25, -0.2) is 9.97 Å². The van der Waals surface area contributed by atoms with Gasteiger partial charge in [-0.3, -0.25) is 0 Å². The van der Waals surface area contributed by atoms with E-state index in [1.165, 1.54) is 0 Å². The number of methoxy groups -OCH3 is 1. The molecule has 3 nitrogen and oxygen atoms in total. The van der Waals surface area contributed by atoms with Crippen LogP contribution in [0.25, 0.3) is 28.4 Å². The van der Waals surface area contributed by atoms with Crippen LogP contribution in [0.5, 0.6) is 0 Å². The first-order chi connectivity index (χ1) is 11.7. The number of hydrogen-bond acceptors (Lipinski definition) is 3. The number of ether oxygens (including phenoxy) is 1. The second kappa shape index (κ2) is 7.60. The van der Waals surface area contributed by atoms with Crippen LogP contribution in [0.4, 0.5) is 0 Å². The van der Waals surface area contributed by atoms with Gasteiger partial charge in [0.25, 0.3) is 0 Å². The van der Waals surface area contributed by atoms with E-state index in [1.54, 1.807) is 7.11 Å². The summed E-state index contributed by atoms with van der Waals surface area (Å²) in [7, 11) is 1.86. The summed E-state index contributed by atoms with van der Waals surface area (Å²) in [4.78, 5) is 9.56. The van der Waals surface area contributed by atoms with Gasteiger partial charge >= 0.3 is 0 Å². The molecule has 0 bridgehead atoms. The van der Waals surface area contributed by atoms with Crippen molar-refractivity contribution in [3.8, 4) is 11.3 Å². The molecular weight excluding hydrogens is 316 g/mol. The molecule has 0 fully saturated rings. The van der Waals surface area contributed by atoms with Crippen molar-refractivity contribution >= 4 is 28.0 Å². The van der Waals surface area contributed by atoms with Crippen molar-refractivity contribution in [2.45, 2.75) is 6.92 Å². The number of nitrogens with zero attached hydrogens (tertiary/aromatic N) is 2. The molecule has 0 aliphatic carbocycles. The van der Waals surface area contributed by atoms with Crippen molar-refractivity contribution in [1.82, 2.24) is 9.97 Å². The normalized spacial score (nSPS) is 12.8. The molecule has 0 spiro atoms. The molecule has 1 aromatic heterocycles. The highest BCUT2D eigenvalue weighted by atomic mass is 32.2. The molecule has 3 rings (SSSR count). The Kier molecular flexibility index (Phi) is 5.28. The molecule has 0 saturated heterocycles. The van der Waals surface area contributed by atoms with E-state index in [0.717, 1.165) is 39.5 Å². The lowest BCUT2D eigenvalue weighted by Gasteiger charge is -2.07. The summed E-state index contributed by atoms with van der Waals surface area (Å²) >= 11 is 0. The van der Waals surface area contributed by atoms with E-state index < -0.39 is 0 Å². The Balaban J connectivity index is 1.94. The third-order valence-electron chi connectivity index (χ3n) is 3.71. The van der Waals surface area contributed by atoms with Crippen LogP contribution in [-0.2, 0) is 15.6 Å². The first kappa shape index (κ1) is 16.7. The lowest BCUT2D eigenvalue weighted by molar-refractivity contribution is 0.257. The van der Waals surface area contributed by atoms with Crippen LogP contribution in [0.2, 0.25) is 0 Å². The molecule has 0 aliphatic rings. The fraction of sp³-hybridized carbons (Fsp3) is 0.200. The number of aryl methyl sites for hydroxylation is 1. The lowest BCUT2D eigenvalue weighted by atomic mass is 10.1. The summed E-state index contributed by atoms with van der Waals surface area (Å²) < 4.78 is 5.17. The average molecular weight is 337 g/mol. The van der Waals surface area contributed by atoms with Gasteiger partial charge in [0.15, 0.2) is 0 Å². The van der Waals surface area contributed by atoms with Gasteiger partial charge in [-0.15, -0.1) is 0 Å². The van der Waals surface area contributed by atoms with Gasteiger partial charge in [0.05, 0.1) is 22.4 Å². The van der Waals surface area contributed by atoms with E-state index in [0.29, 0.717) is 0 Å². The second-order valence-corrected chi connectivity index (χ2v) is 7.56. The van der Waals surface area contributed by atoms with Crippen LogP contribution in [-0.4, -0.2) is 29.3 Å². The van der Waals surface area contributed by atoms with E-state index in [9.17, 15) is 0 Å². The number of aromatic nitrogens is 2. The number of benzene rings is 2. The van der Waals surface area contributed by atoms with Crippen LogP contribution in [0, 0.1) is 6.92 Å². The van der Waals surface area contributed by atoms with Crippen LogP contribution >= 0.6 is 0 Å². The fourth-order valence-electron chi connectivity index (χ4n) is 2.55. The molecule has 24 heavy (non-hydrogen) atoms. The molecule has 3 aromatic rings. The van der Waals surface area contributed by atoms with E-state index in [2.05, 4.69) is 42.0 Å². The Labute approximate surface area is 145 Å². The Morgan fingerprint density at radius 1 is 1.04 bits per heavy atom. The van der Waals surface area contributed by atoms with Gasteiger partial charge in [0.2, 0.25) is 5.94 Å². The molecule has 1 unspecified atom stereocenters. The van der Waals surface area contributed by atoms with Crippen molar-refractivity contribution in [2.24, 2.45) is 0 Å². The molecule has 0 radical (unpaired) electrons. The average Bonchev–Trinajstić information content (AvgIpc) is 2.60. The van der Waals surface area contributed by atoms with Crippen LogP contribution in [0.15, 0.2) is 53.9 Å². The summed E-state index contributed by atoms with van der Waals surface area (Å²) in [5, 5.41) is 2.18. The summed E-state index contributed by atoms with van der Waals surface area (Å²) in [6.45, 7) is 2.01. The summed E-state index contributed by atoms with van der Waals surface area (Å²) in [6.07, 6.45) is 4.29. The highest BCUT2D eigenvalue weighted by Crippen LogP contribution is 2.23. The predicted octanol–water partition coefficient (Wildman–Crippen LogP) is 4.43. The van der Waals surface area contributed by atoms with Gasteiger partial charge in [-0.1, -0.05) is 36.4 Å². The molecule has 0 saturated carbocycles.